The van der Waals surface area contributed by atoms with Gasteiger partial charge in [0.15, 0.2) is 0 Å². The summed E-state index contributed by atoms with van der Waals surface area (Å²) in [4.78, 5) is 5.13. The lowest BCUT2D eigenvalue weighted by atomic mass is 10.0. The zero-order valence-corrected chi connectivity index (χ0v) is 12.6. The molecule has 0 aromatic carbocycles. The molecule has 2 atom stereocenters. The molecule has 3 nitrogen and oxygen atoms in total. The highest BCUT2D eigenvalue weighted by atomic mass is 15.3. The Morgan fingerprint density at radius 2 is 1.79 bits per heavy atom. The largest absolute Gasteiger partial charge is 0.302 e. The van der Waals surface area contributed by atoms with Gasteiger partial charge < -0.3 is 4.90 Å². The monoisotopic (exact) mass is 263 g/mol. The molecule has 1 saturated carbocycles. The topological polar surface area (TPSA) is 30.3 Å². The number of nitrogens with zero attached hydrogens (tertiary/aromatic N) is 3. The molecule has 2 aliphatic rings. The lowest BCUT2D eigenvalue weighted by Gasteiger charge is -2.36. The van der Waals surface area contributed by atoms with Crippen molar-refractivity contribution in [2.75, 3.05) is 20.1 Å². The normalized spacial score (nSPS) is 32.5. The first-order chi connectivity index (χ1) is 9.22. The van der Waals surface area contributed by atoms with Crippen molar-refractivity contribution in [2.24, 2.45) is 0 Å². The molecule has 0 N–H and O–H groups in total. The fourth-order valence-electron chi connectivity index (χ4n) is 3.71. The van der Waals surface area contributed by atoms with Crippen LogP contribution in [0.1, 0.15) is 58.3 Å². The Morgan fingerprint density at radius 1 is 1.11 bits per heavy atom. The van der Waals surface area contributed by atoms with Crippen LogP contribution in [-0.2, 0) is 0 Å². The van der Waals surface area contributed by atoms with Gasteiger partial charge in [-0.05, 0) is 33.2 Å². The first-order valence-electron chi connectivity index (χ1n) is 8.05. The highest BCUT2D eigenvalue weighted by Gasteiger charge is 2.31. The minimum absolute atomic E-state index is 0.447. The summed E-state index contributed by atoms with van der Waals surface area (Å²) in [6.07, 6.45) is 10.2. The summed E-state index contributed by atoms with van der Waals surface area (Å²) < 4.78 is 0. The second kappa shape index (κ2) is 7.26. The van der Waals surface area contributed by atoms with Crippen LogP contribution in [0.15, 0.2) is 0 Å². The predicted molar refractivity (Wildman–Crippen MR) is 78.9 cm³/mol. The fraction of sp³-hybridized carbons (Fsp3) is 0.938. The van der Waals surface area contributed by atoms with Crippen LogP contribution in [0, 0.1) is 11.3 Å². The SMILES string of the molecule is CC1CCN(C2CCCCCC2)C(CC#N)CN1C. The molecule has 1 aliphatic heterocycles. The van der Waals surface area contributed by atoms with E-state index in [1.807, 2.05) is 0 Å². The van der Waals surface area contributed by atoms with E-state index < -0.39 is 0 Å². The van der Waals surface area contributed by atoms with Gasteiger partial charge in [-0.1, -0.05) is 25.7 Å². The van der Waals surface area contributed by atoms with Gasteiger partial charge in [0.2, 0.25) is 0 Å². The van der Waals surface area contributed by atoms with Gasteiger partial charge in [0.25, 0.3) is 0 Å². The molecule has 0 amide bonds. The summed E-state index contributed by atoms with van der Waals surface area (Å²) in [6, 6.07) is 4.25. The maximum Gasteiger partial charge on any atom is 0.0638 e. The molecular formula is C16H29N3. The summed E-state index contributed by atoms with van der Waals surface area (Å²) in [7, 11) is 2.21. The van der Waals surface area contributed by atoms with Crippen LogP contribution in [0.5, 0.6) is 0 Å². The quantitative estimate of drug-likeness (QED) is 0.717. The molecule has 0 bridgehead atoms. The van der Waals surface area contributed by atoms with Gasteiger partial charge in [-0.25, -0.2) is 0 Å². The molecule has 0 spiro atoms. The zero-order valence-electron chi connectivity index (χ0n) is 12.6. The summed E-state index contributed by atoms with van der Waals surface area (Å²) >= 11 is 0. The summed E-state index contributed by atoms with van der Waals surface area (Å²) in [5.74, 6) is 0. The fourth-order valence-corrected chi connectivity index (χ4v) is 3.71. The van der Waals surface area contributed by atoms with Gasteiger partial charge in [0.1, 0.15) is 0 Å². The van der Waals surface area contributed by atoms with Gasteiger partial charge >= 0.3 is 0 Å². The first-order valence-corrected chi connectivity index (χ1v) is 8.05. The third-order valence-corrected chi connectivity index (χ3v) is 5.15. The molecule has 1 aliphatic carbocycles. The summed E-state index contributed by atoms with van der Waals surface area (Å²) in [6.45, 7) is 4.56. The van der Waals surface area contributed by atoms with E-state index >= 15 is 0 Å². The Morgan fingerprint density at radius 3 is 2.42 bits per heavy atom. The van der Waals surface area contributed by atoms with Crippen molar-refractivity contribution in [3.05, 3.63) is 0 Å². The molecule has 2 fully saturated rings. The predicted octanol–water partition coefficient (Wildman–Crippen LogP) is 3.02. The Bertz CT molecular complexity index is 302. The average molecular weight is 263 g/mol. The van der Waals surface area contributed by atoms with Crippen LogP contribution in [0.2, 0.25) is 0 Å². The zero-order chi connectivity index (χ0) is 13.7. The van der Waals surface area contributed by atoms with E-state index in [9.17, 15) is 0 Å². The molecule has 1 saturated heterocycles. The highest BCUT2D eigenvalue weighted by Crippen LogP contribution is 2.27. The van der Waals surface area contributed by atoms with Crippen molar-refractivity contribution in [3.63, 3.8) is 0 Å². The molecule has 2 unspecified atom stereocenters. The molecule has 0 aromatic rings. The third-order valence-electron chi connectivity index (χ3n) is 5.15. The molecule has 19 heavy (non-hydrogen) atoms. The van der Waals surface area contributed by atoms with Gasteiger partial charge in [-0.2, -0.15) is 5.26 Å². The molecule has 2 rings (SSSR count). The minimum atomic E-state index is 0.447. The molecule has 108 valence electrons. The second-order valence-corrected chi connectivity index (χ2v) is 6.48. The van der Waals surface area contributed by atoms with Crippen LogP contribution >= 0.6 is 0 Å². The van der Waals surface area contributed by atoms with E-state index in [1.165, 1.54) is 51.5 Å². The lowest BCUT2D eigenvalue weighted by molar-refractivity contribution is 0.120. The van der Waals surface area contributed by atoms with Gasteiger partial charge in [-0.3, -0.25) is 4.90 Å². The van der Waals surface area contributed by atoms with E-state index in [1.54, 1.807) is 0 Å². The Balaban J connectivity index is 2.07. The minimum Gasteiger partial charge on any atom is -0.302 e. The number of hydrogen-bond donors (Lipinski definition) is 0. The van der Waals surface area contributed by atoms with Gasteiger partial charge in [0.05, 0.1) is 12.5 Å². The number of nitriles is 1. The summed E-state index contributed by atoms with van der Waals surface area (Å²) in [5, 5.41) is 9.14. The van der Waals surface area contributed by atoms with E-state index in [0.29, 0.717) is 18.5 Å². The second-order valence-electron chi connectivity index (χ2n) is 6.48. The third kappa shape index (κ3) is 3.94. The van der Waals surface area contributed by atoms with E-state index in [0.717, 1.165) is 12.6 Å². The van der Waals surface area contributed by atoms with Crippen LogP contribution in [0.3, 0.4) is 0 Å². The van der Waals surface area contributed by atoms with Crippen LogP contribution in [-0.4, -0.2) is 48.1 Å². The Kier molecular flexibility index (Phi) is 5.66. The van der Waals surface area contributed by atoms with Crippen LogP contribution in [0.4, 0.5) is 0 Å². The number of rotatable bonds is 2. The van der Waals surface area contributed by atoms with Crippen molar-refractivity contribution in [2.45, 2.75) is 76.4 Å². The van der Waals surface area contributed by atoms with E-state index in [4.69, 9.17) is 5.26 Å². The molecule has 0 aromatic heterocycles. The molecule has 1 heterocycles. The van der Waals surface area contributed by atoms with Crippen molar-refractivity contribution in [1.82, 2.24) is 9.80 Å². The maximum absolute atomic E-state index is 9.14. The molecule has 0 radical (unpaired) electrons. The molecule has 3 heteroatoms. The smallest absolute Gasteiger partial charge is 0.0638 e. The summed E-state index contributed by atoms with van der Waals surface area (Å²) in [5.41, 5.74) is 0. The van der Waals surface area contributed by atoms with E-state index in [2.05, 4.69) is 29.8 Å². The maximum atomic E-state index is 9.14. The van der Waals surface area contributed by atoms with Crippen molar-refractivity contribution in [1.29, 1.82) is 5.26 Å². The van der Waals surface area contributed by atoms with Gasteiger partial charge in [0, 0.05) is 31.2 Å². The average Bonchev–Trinajstić information content (AvgIpc) is 2.73. The van der Waals surface area contributed by atoms with Crippen molar-refractivity contribution in [3.8, 4) is 6.07 Å². The number of likely N-dealkylation sites (N-methyl/N-ethyl adjacent to an activating group) is 1. The van der Waals surface area contributed by atoms with Gasteiger partial charge in [-0.15, -0.1) is 0 Å². The first kappa shape index (κ1) is 14.8. The van der Waals surface area contributed by atoms with Crippen LogP contribution in [0.25, 0.3) is 0 Å². The van der Waals surface area contributed by atoms with E-state index in [-0.39, 0.29) is 0 Å². The van der Waals surface area contributed by atoms with Crippen molar-refractivity contribution < 1.29 is 0 Å². The van der Waals surface area contributed by atoms with Crippen molar-refractivity contribution >= 4 is 0 Å². The Hall–Kier alpha value is -0.590. The highest BCUT2D eigenvalue weighted by molar-refractivity contribution is 4.91. The Labute approximate surface area is 118 Å². The lowest BCUT2D eigenvalue weighted by Crippen LogP contribution is -2.46. The molecular weight excluding hydrogens is 234 g/mol. The number of hydrogen-bond acceptors (Lipinski definition) is 3. The van der Waals surface area contributed by atoms with Crippen LogP contribution < -0.4 is 0 Å². The standard InChI is InChI=1S/C16H29N3/c1-14-10-12-19(15-7-5-3-4-6-8-15)16(9-11-17)13-18(14)2/h14-16H,3-10,12-13H2,1-2H3.